The Balaban J connectivity index is 1.64. The van der Waals surface area contributed by atoms with Crippen molar-refractivity contribution in [3.63, 3.8) is 0 Å². The molecule has 6 nitrogen and oxygen atoms in total. The summed E-state index contributed by atoms with van der Waals surface area (Å²) < 4.78 is 5.28. The SMILES string of the molecule is COc1ccccc1CNC(=O)c1ccc(Nc2ccccc2C#N)nc1. The summed E-state index contributed by atoms with van der Waals surface area (Å²) >= 11 is 0. The summed E-state index contributed by atoms with van der Waals surface area (Å²) in [6, 6.07) is 20.2. The van der Waals surface area contributed by atoms with Crippen LogP contribution >= 0.6 is 0 Å². The maximum atomic E-state index is 12.3. The first-order valence-electron chi connectivity index (χ1n) is 8.33. The summed E-state index contributed by atoms with van der Waals surface area (Å²) in [5.41, 5.74) is 2.54. The molecule has 0 radical (unpaired) electrons. The molecular weight excluding hydrogens is 340 g/mol. The van der Waals surface area contributed by atoms with Crippen molar-refractivity contribution in [3.05, 3.63) is 83.6 Å². The van der Waals surface area contributed by atoms with Gasteiger partial charge in [-0.05, 0) is 30.3 Å². The van der Waals surface area contributed by atoms with Crippen LogP contribution in [0, 0.1) is 11.3 Å². The Morgan fingerprint density at radius 2 is 1.89 bits per heavy atom. The van der Waals surface area contributed by atoms with Crippen LogP contribution in [0.3, 0.4) is 0 Å². The van der Waals surface area contributed by atoms with Crippen LogP contribution in [-0.2, 0) is 6.54 Å². The Labute approximate surface area is 157 Å². The van der Waals surface area contributed by atoms with Gasteiger partial charge in [-0.25, -0.2) is 4.98 Å². The van der Waals surface area contributed by atoms with E-state index in [1.54, 1.807) is 37.4 Å². The van der Waals surface area contributed by atoms with E-state index in [-0.39, 0.29) is 5.91 Å². The highest BCUT2D eigenvalue weighted by Crippen LogP contribution is 2.19. The highest BCUT2D eigenvalue weighted by atomic mass is 16.5. The van der Waals surface area contributed by atoms with Gasteiger partial charge in [-0.2, -0.15) is 5.26 Å². The molecule has 1 heterocycles. The van der Waals surface area contributed by atoms with Gasteiger partial charge in [0, 0.05) is 18.3 Å². The third-order valence-corrected chi connectivity index (χ3v) is 3.97. The number of pyridine rings is 1. The molecule has 6 heteroatoms. The zero-order valence-corrected chi connectivity index (χ0v) is 14.8. The van der Waals surface area contributed by atoms with E-state index in [0.29, 0.717) is 29.2 Å². The van der Waals surface area contributed by atoms with Crippen molar-refractivity contribution < 1.29 is 9.53 Å². The molecule has 0 fully saturated rings. The first-order chi connectivity index (χ1) is 13.2. The number of hydrogen-bond acceptors (Lipinski definition) is 5. The maximum absolute atomic E-state index is 12.3. The lowest BCUT2D eigenvalue weighted by atomic mass is 10.2. The number of carbonyl (C=O) groups is 1. The molecule has 0 atom stereocenters. The van der Waals surface area contributed by atoms with Crippen molar-refractivity contribution in [1.82, 2.24) is 10.3 Å². The number of nitrogens with zero attached hydrogens (tertiary/aromatic N) is 2. The summed E-state index contributed by atoms with van der Waals surface area (Å²) in [5.74, 6) is 1.06. The molecule has 3 aromatic rings. The van der Waals surface area contributed by atoms with Crippen LogP contribution in [0.2, 0.25) is 0 Å². The highest BCUT2D eigenvalue weighted by molar-refractivity contribution is 5.94. The van der Waals surface area contributed by atoms with Gasteiger partial charge >= 0.3 is 0 Å². The summed E-state index contributed by atoms with van der Waals surface area (Å²) in [7, 11) is 1.60. The normalized spacial score (nSPS) is 9.93. The van der Waals surface area contributed by atoms with E-state index in [9.17, 15) is 4.79 Å². The Hall–Kier alpha value is -3.85. The van der Waals surface area contributed by atoms with Gasteiger partial charge in [0.2, 0.25) is 0 Å². The van der Waals surface area contributed by atoms with Crippen molar-refractivity contribution in [1.29, 1.82) is 5.26 Å². The molecule has 0 aliphatic rings. The van der Waals surface area contributed by atoms with E-state index in [1.807, 2.05) is 30.3 Å². The molecular formula is C21H18N4O2. The van der Waals surface area contributed by atoms with E-state index in [4.69, 9.17) is 10.00 Å². The first kappa shape index (κ1) is 18.0. The first-order valence-corrected chi connectivity index (χ1v) is 8.33. The number of amides is 1. The number of ether oxygens (including phenoxy) is 1. The molecule has 0 unspecified atom stereocenters. The quantitative estimate of drug-likeness (QED) is 0.702. The van der Waals surface area contributed by atoms with E-state index in [0.717, 1.165) is 11.3 Å². The molecule has 0 spiro atoms. The van der Waals surface area contributed by atoms with Gasteiger partial charge in [0.1, 0.15) is 17.6 Å². The Morgan fingerprint density at radius 3 is 2.63 bits per heavy atom. The molecule has 3 rings (SSSR count). The lowest BCUT2D eigenvalue weighted by Gasteiger charge is -2.10. The molecule has 2 aromatic carbocycles. The number of benzene rings is 2. The Bertz CT molecular complexity index is 978. The Morgan fingerprint density at radius 1 is 1.11 bits per heavy atom. The van der Waals surface area contributed by atoms with Crippen molar-refractivity contribution in [2.24, 2.45) is 0 Å². The molecule has 0 saturated carbocycles. The van der Waals surface area contributed by atoms with Crippen LogP contribution in [0.5, 0.6) is 5.75 Å². The van der Waals surface area contributed by atoms with Crippen molar-refractivity contribution >= 4 is 17.4 Å². The highest BCUT2D eigenvalue weighted by Gasteiger charge is 2.09. The molecule has 27 heavy (non-hydrogen) atoms. The number of rotatable bonds is 6. The van der Waals surface area contributed by atoms with Gasteiger partial charge in [-0.3, -0.25) is 4.79 Å². The van der Waals surface area contributed by atoms with Crippen LogP contribution in [0.25, 0.3) is 0 Å². The molecule has 0 aliphatic heterocycles. The fourth-order valence-corrected chi connectivity index (χ4v) is 2.56. The van der Waals surface area contributed by atoms with Gasteiger partial charge in [-0.15, -0.1) is 0 Å². The fourth-order valence-electron chi connectivity index (χ4n) is 2.56. The number of aromatic nitrogens is 1. The van der Waals surface area contributed by atoms with Crippen LogP contribution in [0.4, 0.5) is 11.5 Å². The minimum absolute atomic E-state index is 0.225. The number of nitriles is 1. The second-order valence-corrected chi connectivity index (χ2v) is 5.71. The topological polar surface area (TPSA) is 87.0 Å². The van der Waals surface area contributed by atoms with Crippen LogP contribution in [-0.4, -0.2) is 18.0 Å². The predicted octanol–water partition coefficient (Wildman–Crippen LogP) is 3.64. The molecule has 0 aliphatic carbocycles. The summed E-state index contributed by atoms with van der Waals surface area (Å²) in [6.07, 6.45) is 1.49. The number of hydrogen-bond donors (Lipinski definition) is 2. The number of carbonyl (C=O) groups excluding carboxylic acids is 1. The zero-order valence-electron chi connectivity index (χ0n) is 14.8. The third-order valence-electron chi connectivity index (χ3n) is 3.97. The second kappa shape index (κ2) is 8.50. The van der Waals surface area contributed by atoms with Gasteiger partial charge in [0.15, 0.2) is 0 Å². The lowest BCUT2D eigenvalue weighted by Crippen LogP contribution is -2.23. The van der Waals surface area contributed by atoms with Gasteiger partial charge in [0.25, 0.3) is 5.91 Å². The van der Waals surface area contributed by atoms with E-state index < -0.39 is 0 Å². The molecule has 2 N–H and O–H groups in total. The van der Waals surface area contributed by atoms with Crippen molar-refractivity contribution in [3.8, 4) is 11.8 Å². The van der Waals surface area contributed by atoms with Crippen LogP contribution < -0.4 is 15.4 Å². The molecule has 0 bridgehead atoms. The molecule has 1 aromatic heterocycles. The third kappa shape index (κ3) is 4.41. The van der Waals surface area contributed by atoms with E-state index in [1.165, 1.54) is 6.20 Å². The minimum Gasteiger partial charge on any atom is -0.496 e. The molecule has 1 amide bonds. The number of methoxy groups -OCH3 is 1. The standard InChI is InChI=1S/C21H18N4O2/c1-27-19-9-5-3-7-16(19)13-24-21(26)17-10-11-20(23-14-17)25-18-8-4-2-6-15(18)12-22/h2-11,14H,13H2,1H3,(H,23,25)(H,24,26). The van der Waals surface area contributed by atoms with Gasteiger partial charge < -0.3 is 15.4 Å². The number of anilines is 2. The zero-order chi connectivity index (χ0) is 19.1. The largest absolute Gasteiger partial charge is 0.496 e. The maximum Gasteiger partial charge on any atom is 0.253 e. The van der Waals surface area contributed by atoms with Crippen molar-refractivity contribution in [2.45, 2.75) is 6.54 Å². The summed E-state index contributed by atoms with van der Waals surface area (Å²) in [4.78, 5) is 16.6. The lowest BCUT2D eigenvalue weighted by molar-refractivity contribution is 0.0950. The average molecular weight is 358 g/mol. The van der Waals surface area contributed by atoms with E-state index >= 15 is 0 Å². The minimum atomic E-state index is -0.225. The monoisotopic (exact) mass is 358 g/mol. The average Bonchev–Trinajstić information content (AvgIpc) is 2.73. The van der Waals surface area contributed by atoms with Gasteiger partial charge in [0.05, 0.1) is 23.9 Å². The Kier molecular flexibility index (Phi) is 5.65. The van der Waals surface area contributed by atoms with E-state index in [2.05, 4.69) is 21.7 Å². The van der Waals surface area contributed by atoms with Crippen molar-refractivity contribution in [2.75, 3.05) is 12.4 Å². The smallest absolute Gasteiger partial charge is 0.253 e. The fraction of sp³-hybridized carbons (Fsp3) is 0.0952. The summed E-state index contributed by atoms with van der Waals surface area (Å²) in [5, 5.41) is 15.1. The molecule has 134 valence electrons. The second-order valence-electron chi connectivity index (χ2n) is 5.71. The summed E-state index contributed by atoms with van der Waals surface area (Å²) in [6.45, 7) is 0.360. The number of nitrogens with one attached hydrogen (secondary N) is 2. The van der Waals surface area contributed by atoms with Gasteiger partial charge in [-0.1, -0.05) is 30.3 Å². The molecule has 0 saturated heterocycles. The predicted molar refractivity (Wildman–Crippen MR) is 103 cm³/mol. The van der Waals surface area contributed by atoms with Crippen LogP contribution in [0.15, 0.2) is 66.9 Å². The number of para-hydroxylation sites is 2. The van der Waals surface area contributed by atoms with Crippen LogP contribution in [0.1, 0.15) is 21.5 Å².